The number of carbonyl (C=O) groups is 1. The molecule has 29 heavy (non-hydrogen) atoms. The second-order valence-corrected chi connectivity index (χ2v) is 8.00. The number of fused-ring (bicyclic) bond motifs is 1. The number of nitrogens with one attached hydrogen (secondary N) is 1. The SMILES string of the molecule is CC(NC(=O)OC(C)(C)C)c1nc2cccc(Cl)c2c(=O)n1-c1cccc(F)c1. The predicted octanol–water partition coefficient (Wildman–Crippen LogP) is 4.76. The van der Waals surface area contributed by atoms with E-state index in [-0.39, 0.29) is 21.9 Å². The van der Waals surface area contributed by atoms with E-state index in [4.69, 9.17) is 16.3 Å². The van der Waals surface area contributed by atoms with Crippen molar-refractivity contribution in [1.29, 1.82) is 0 Å². The first-order chi connectivity index (χ1) is 13.6. The minimum absolute atomic E-state index is 0.214. The maximum Gasteiger partial charge on any atom is 0.408 e. The van der Waals surface area contributed by atoms with Gasteiger partial charge in [-0.15, -0.1) is 0 Å². The van der Waals surface area contributed by atoms with Gasteiger partial charge in [0.15, 0.2) is 0 Å². The van der Waals surface area contributed by atoms with Gasteiger partial charge < -0.3 is 10.1 Å². The summed E-state index contributed by atoms with van der Waals surface area (Å²) >= 11 is 6.22. The van der Waals surface area contributed by atoms with Crippen molar-refractivity contribution in [2.24, 2.45) is 0 Å². The van der Waals surface area contributed by atoms with Gasteiger partial charge in [0, 0.05) is 0 Å². The van der Waals surface area contributed by atoms with E-state index in [1.807, 2.05) is 0 Å². The van der Waals surface area contributed by atoms with Crippen molar-refractivity contribution < 1.29 is 13.9 Å². The normalized spacial score (nSPS) is 12.6. The minimum Gasteiger partial charge on any atom is -0.444 e. The van der Waals surface area contributed by atoms with Crippen molar-refractivity contribution in [2.45, 2.75) is 39.3 Å². The second kappa shape index (κ2) is 7.83. The molecule has 2 aromatic carbocycles. The summed E-state index contributed by atoms with van der Waals surface area (Å²) in [6.45, 7) is 6.90. The van der Waals surface area contributed by atoms with Crippen LogP contribution >= 0.6 is 11.6 Å². The number of carbonyl (C=O) groups excluding carboxylic acids is 1. The number of hydrogen-bond donors (Lipinski definition) is 1. The molecular weight excluding hydrogens is 397 g/mol. The molecule has 1 unspecified atom stereocenters. The highest BCUT2D eigenvalue weighted by Crippen LogP contribution is 2.23. The van der Waals surface area contributed by atoms with E-state index in [0.717, 1.165) is 0 Å². The van der Waals surface area contributed by atoms with Crippen LogP contribution in [0.15, 0.2) is 47.3 Å². The van der Waals surface area contributed by atoms with Crippen molar-refractivity contribution in [2.75, 3.05) is 0 Å². The van der Waals surface area contributed by atoms with Crippen molar-refractivity contribution in [1.82, 2.24) is 14.9 Å². The first-order valence-electron chi connectivity index (χ1n) is 9.03. The molecule has 152 valence electrons. The summed E-state index contributed by atoms with van der Waals surface area (Å²) in [5.74, 6) is -0.284. The Bertz CT molecular complexity index is 1140. The van der Waals surface area contributed by atoms with E-state index in [1.54, 1.807) is 52.0 Å². The molecule has 0 aliphatic carbocycles. The maximum atomic E-state index is 13.9. The molecule has 0 fully saturated rings. The van der Waals surface area contributed by atoms with Gasteiger partial charge in [0.25, 0.3) is 5.56 Å². The summed E-state index contributed by atoms with van der Waals surface area (Å²) < 4.78 is 20.4. The number of aromatic nitrogens is 2. The van der Waals surface area contributed by atoms with Crippen LogP contribution in [0.4, 0.5) is 9.18 Å². The predicted molar refractivity (Wildman–Crippen MR) is 110 cm³/mol. The first-order valence-corrected chi connectivity index (χ1v) is 9.41. The van der Waals surface area contributed by atoms with Crippen LogP contribution in [0.1, 0.15) is 39.6 Å². The zero-order valence-corrected chi connectivity index (χ0v) is 17.2. The Hall–Kier alpha value is -2.93. The fourth-order valence-electron chi connectivity index (χ4n) is 2.91. The highest BCUT2D eigenvalue weighted by Gasteiger charge is 2.23. The van der Waals surface area contributed by atoms with Gasteiger partial charge in [-0.1, -0.05) is 23.7 Å². The number of halogens is 2. The third-order valence-corrected chi connectivity index (χ3v) is 4.37. The van der Waals surface area contributed by atoms with Gasteiger partial charge >= 0.3 is 6.09 Å². The lowest BCUT2D eigenvalue weighted by molar-refractivity contribution is 0.0505. The zero-order chi connectivity index (χ0) is 21.3. The smallest absolute Gasteiger partial charge is 0.408 e. The molecule has 0 spiro atoms. The van der Waals surface area contributed by atoms with Gasteiger partial charge in [-0.2, -0.15) is 0 Å². The number of amides is 1. The standard InChI is InChI=1S/C21H21ClFN3O3/c1-12(24-20(28)29-21(2,3)4)18-25-16-10-6-9-15(22)17(16)19(27)26(18)14-8-5-7-13(23)11-14/h5-12H,1-4H3,(H,24,28). The van der Waals surface area contributed by atoms with Crippen molar-refractivity contribution in [3.05, 3.63) is 69.5 Å². The van der Waals surface area contributed by atoms with Crippen LogP contribution < -0.4 is 10.9 Å². The third kappa shape index (κ3) is 4.56. The highest BCUT2D eigenvalue weighted by atomic mass is 35.5. The quantitative estimate of drug-likeness (QED) is 0.666. The Morgan fingerprint density at radius 2 is 1.93 bits per heavy atom. The van der Waals surface area contributed by atoms with E-state index in [2.05, 4.69) is 10.3 Å². The molecule has 8 heteroatoms. The largest absolute Gasteiger partial charge is 0.444 e. The van der Waals surface area contributed by atoms with Gasteiger partial charge in [-0.05, 0) is 58.0 Å². The van der Waals surface area contributed by atoms with E-state index in [0.29, 0.717) is 5.52 Å². The fraction of sp³-hybridized carbons (Fsp3) is 0.286. The van der Waals surface area contributed by atoms with Gasteiger partial charge in [0.05, 0.1) is 27.7 Å². The Balaban J connectivity index is 2.18. The molecule has 0 aliphatic rings. The van der Waals surface area contributed by atoms with Crippen LogP contribution in [0.2, 0.25) is 5.02 Å². The number of nitrogens with zero attached hydrogens (tertiary/aromatic N) is 2. The average Bonchev–Trinajstić information content (AvgIpc) is 2.59. The van der Waals surface area contributed by atoms with Crippen LogP contribution in [-0.2, 0) is 4.74 Å². The van der Waals surface area contributed by atoms with Crippen molar-refractivity contribution >= 4 is 28.6 Å². The molecule has 1 amide bonds. The molecule has 0 bridgehead atoms. The van der Waals surface area contributed by atoms with E-state index < -0.39 is 29.1 Å². The Morgan fingerprint density at radius 1 is 1.24 bits per heavy atom. The van der Waals surface area contributed by atoms with E-state index in [1.165, 1.54) is 22.8 Å². The van der Waals surface area contributed by atoms with Gasteiger partial charge in [-0.25, -0.2) is 14.2 Å². The summed E-state index contributed by atoms with van der Waals surface area (Å²) in [7, 11) is 0. The molecule has 0 radical (unpaired) electrons. The molecule has 0 saturated carbocycles. The minimum atomic E-state index is -0.704. The average molecular weight is 418 g/mol. The summed E-state index contributed by atoms with van der Waals surface area (Å²) in [5, 5.41) is 3.13. The lowest BCUT2D eigenvalue weighted by Crippen LogP contribution is -2.37. The zero-order valence-electron chi connectivity index (χ0n) is 16.5. The van der Waals surface area contributed by atoms with Crippen LogP contribution in [0, 0.1) is 5.82 Å². The van der Waals surface area contributed by atoms with Crippen molar-refractivity contribution in [3.8, 4) is 5.69 Å². The van der Waals surface area contributed by atoms with Gasteiger partial charge in [0.2, 0.25) is 0 Å². The topological polar surface area (TPSA) is 73.2 Å². The molecule has 1 heterocycles. The Morgan fingerprint density at radius 3 is 2.59 bits per heavy atom. The lowest BCUT2D eigenvalue weighted by Gasteiger charge is -2.23. The second-order valence-electron chi connectivity index (χ2n) is 7.59. The number of hydrogen-bond acceptors (Lipinski definition) is 4. The van der Waals surface area contributed by atoms with Crippen LogP contribution in [-0.4, -0.2) is 21.2 Å². The Kier molecular flexibility index (Phi) is 5.61. The number of ether oxygens (including phenoxy) is 1. The van der Waals surface area contributed by atoms with Crippen LogP contribution in [0.3, 0.4) is 0 Å². The summed E-state index contributed by atoms with van der Waals surface area (Å²) in [5.41, 5.74) is -0.490. The third-order valence-electron chi connectivity index (χ3n) is 4.06. The van der Waals surface area contributed by atoms with E-state index in [9.17, 15) is 14.0 Å². The highest BCUT2D eigenvalue weighted by molar-refractivity contribution is 6.35. The monoisotopic (exact) mass is 417 g/mol. The number of alkyl carbamates (subject to hydrolysis) is 1. The maximum absolute atomic E-state index is 13.9. The molecular formula is C21H21ClFN3O3. The fourth-order valence-corrected chi connectivity index (χ4v) is 3.16. The molecule has 0 aliphatic heterocycles. The van der Waals surface area contributed by atoms with Crippen molar-refractivity contribution in [3.63, 3.8) is 0 Å². The number of rotatable bonds is 3. The van der Waals surface area contributed by atoms with Gasteiger partial charge in [-0.3, -0.25) is 9.36 Å². The number of benzene rings is 2. The van der Waals surface area contributed by atoms with Gasteiger partial charge in [0.1, 0.15) is 17.2 Å². The summed E-state index contributed by atoms with van der Waals surface area (Å²) in [6, 6.07) is 9.78. The van der Waals surface area contributed by atoms with E-state index >= 15 is 0 Å². The molecule has 6 nitrogen and oxygen atoms in total. The molecule has 3 aromatic rings. The van der Waals surface area contributed by atoms with Crippen LogP contribution in [0.25, 0.3) is 16.6 Å². The molecule has 3 rings (SSSR count). The Labute approximate surface area is 172 Å². The summed E-state index contributed by atoms with van der Waals surface area (Å²) in [6.07, 6.45) is -0.656. The molecule has 0 saturated heterocycles. The van der Waals surface area contributed by atoms with Crippen LogP contribution in [0.5, 0.6) is 0 Å². The molecule has 1 aromatic heterocycles. The molecule has 1 N–H and O–H groups in total. The summed E-state index contributed by atoms with van der Waals surface area (Å²) in [4.78, 5) is 30.0. The lowest BCUT2D eigenvalue weighted by atomic mass is 10.2. The molecule has 1 atom stereocenters. The first kappa shape index (κ1) is 20.8.